The molecule has 2 aromatic rings. The van der Waals surface area contributed by atoms with Gasteiger partial charge in [-0.3, -0.25) is 0 Å². The van der Waals surface area contributed by atoms with Crippen molar-refractivity contribution in [1.29, 1.82) is 0 Å². The van der Waals surface area contributed by atoms with E-state index in [1.54, 1.807) is 24.3 Å². The fourth-order valence-electron chi connectivity index (χ4n) is 3.41. The van der Waals surface area contributed by atoms with E-state index in [2.05, 4.69) is 0 Å². The number of halogens is 2. The molecule has 0 aliphatic carbocycles. The molecule has 0 radical (unpaired) electrons. The third-order valence-corrected chi connectivity index (χ3v) is 5.17. The number of cyclic esters (lactones) is 1. The van der Waals surface area contributed by atoms with Gasteiger partial charge >= 0.3 is 12.6 Å². The molecule has 2 aliphatic rings. The summed E-state index contributed by atoms with van der Waals surface area (Å²) >= 11 is 0. The summed E-state index contributed by atoms with van der Waals surface area (Å²) in [7, 11) is 1.34. The summed E-state index contributed by atoms with van der Waals surface area (Å²) in [6, 6.07) is 8.21. The third kappa shape index (κ3) is 3.66. The molecule has 0 bridgehead atoms. The fraction of sp³-hybridized carbons (Fsp3) is 0.381. The Morgan fingerprint density at radius 2 is 1.93 bits per heavy atom. The molecule has 2 aliphatic heterocycles. The lowest BCUT2D eigenvalue weighted by Gasteiger charge is -2.39. The maximum absolute atomic E-state index is 13.1. The van der Waals surface area contributed by atoms with Gasteiger partial charge in [0.1, 0.15) is 13.2 Å². The molecule has 2 heterocycles. The molecule has 4 rings (SSSR count). The van der Waals surface area contributed by atoms with Gasteiger partial charge in [0, 0.05) is 11.1 Å². The molecule has 7 nitrogen and oxygen atoms in total. The van der Waals surface area contributed by atoms with Crippen molar-refractivity contribution in [3.8, 4) is 28.4 Å². The smallest absolute Gasteiger partial charge is 0.387 e. The van der Waals surface area contributed by atoms with Gasteiger partial charge in [-0.05, 0) is 29.8 Å². The number of methoxy groups -OCH3 is 1. The highest BCUT2D eigenvalue weighted by Crippen LogP contribution is 2.46. The lowest BCUT2D eigenvalue weighted by Crippen LogP contribution is -2.50. The number of rotatable bonds is 8. The van der Waals surface area contributed by atoms with E-state index in [0.29, 0.717) is 35.5 Å². The number of carbonyl (C=O) groups is 1. The van der Waals surface area contributed by atoms with E-state index in [4.69, 9.17) is 23.7 Å². The maximum Gasteiger partial charge on any atom is 0.387 e. The number of benzene rings is 2. The van der Waals surface area contributed by atoms with E-state index in [1.165, 1.54) is 13.2 Å². The largest absolute Gasteiger partial charge is 0.493 e. The first-order valence-corrected chi connectivity index (χ1v) is 9.24. The molecule has 0 aromatic heterocycles. The predicted octanol–water partition coefficient (Wildman–Crippen LogP) is 3.02. The Hall–Kier alpha value is -2.91. The minimum absolute atomic E-state index is 0.0375. The number of fused-ring (bicyclic) bond motifs is 1. The Morgan fingerprint density at radius 1 is 1.17 bits per heavy atom. The molecule has 0 atom stereocenters. The van der Waals surface area contributed by atoms with Crippen molar-refractivity contribution in [3.63, 3.8) is 0 Å². The standard InChI is InChI=1S/C21H20F2O7/c1-26-16-5-4-14(12-2-3-15-13(6-12)7-28-19(15)25)17(18(16)30-20(22)23)29-11-21(8-24)9-27-10-21/h2-6,20,24H,7-11H2,1H3. The van der Waals surface area contributed by atoms with Crippen LogP contribution in [-0.4, -0.2) is 51.2 Å². The lowest BCUT2D eigenvalue weighted by molar-refractivity contribution is -0.153. The van der Waals surface area contributed by atoms with Crippen molar-refractivity contribution in [3.05, 3.63) is 41.5 Å². The molecule has 2 aromatic carbocycles. The Labute approximate surface area is 171 Å². The van der Waals surface area contributed by atoms with Crippen molar-refractivity contribution in [2.45, 2.75) is 13.2 Å². The number of aliphatic hydroxyl groups is 1. The van der Waals surface area contributed by atoms with Gasteiger partial charge in [-0.15, -0.1) is 0 Å². The van der Waals surface area contributed by atoms with Crippen molar-refractivity contribution >= 4 is 5.97 Å². The summed E-state index contributed by atoms with van der Waals surface area (Å²) in [4.78, 5) is 11.7. The Kier molecular flexibility index (Phi) is 5.48. The quantitative estimate of drug-likeness (QED) is 0.655. The Morgan fingerprint density at radius 3 is 2.57 bits per heavy atom. The highest BCUT2D eigenvalue weighted by molar-refractivity contribution is 5.94. The number of carbonyl (C=O) groups excluding carboxylic acids is 1. The first-order chi connectivity index (χ1) is 14.5. The van der Waals surface area contributed by atoms with Crippen LogP contribution in [0.3, 0.4) is 0 Å². The SMILES string of the molecule is COc1ccc(-c2ccc3c(c2)COC3=O)c(OCC2(CO)COC2)c1OC(F)F. The van der Waals surface area contributed by atoms with Crippen molar-refractivity contribution in [1.82, 2.24) is 0 Å². The van der Waals surface area contributed by atoms with Crippen molar-refractivity contribution in [2.24, 2.45) is 5.41 Å². The normalized spacial score (nSPS) is 16.6. The predicted molar refractivity (Wildman–Crippen MR) is 100 cm³/mol. The monoisotopic (exact) mass is 422 g/mol. The molecule has 1 fully saturated rings. The van der Waals surface area contributed by atoms with E-state index in [-0.39, 0.29) is 37.1 Å². The minimum Gasteiger partial charge on any atom is -0.493 e. The zero-order chi connectivity index (χ0) is 21.3. The van der Waals surface area contributed by atoms with Crippen LogP contribution in [0.1, 0.15) is 15.9 Å². The van der Waals surface area contributed by atoms with Crippen LogP contribution in [0.4, 0.5) is 8.78 Å². The molecule has 0 spiro atoms. The topological polar surface area (TPSA) is 83.5 Å². The first-order valence-electron chi connectivity index (χ1n) is 9.24. The number of alkyl halides is 2. The molecular formula is C21H20F2O7. The molecule has 30 heavy (non-hydrogen) atoms. The third-order valence-electron chi connectivity index (χ3n) is 5.17. The van der Waals surface area contributed by atoms with Gasteiger partial charge < -0.3 is 28.8 Å². The highest BCUT2D eigenvalue weighted by atomic mass is 19.3. The molecular weight excluding hydrogens is 402 g/mol. The molecule has 9 heteroatoms. The molecule has 160 valence electrons. The van der Waals surface area contributed by atoms with Gasteiger partial charge in [-0.25, -0.2) is 4.79 Å². The fourth-order valence-corrected chi connectivity index (χ4v) is 3.41. The van der Waals surface area contributed by atoms with Crippen molar-refractivity contribution < 1.29 is 42.4 Å². The van der Waals surface area contributed by atoms with E-state index in [0.717, 1.165) is 0 Å². The first kappa shape index (κ1) is 20.4. The Bertz CT molecular complexity index is 951. The maximum atomic E-state index is 13.1. The molecule has 0 saturated carbocycles. The van der Waals surface area contributed by atoms with E-state index in [1.807, 2.05) is 0 Å². The van der Waals surface area contributed by atoms with Crippen LogP contribution in [0.5, 0.6) is 17.2 Å². The Balaban J connectivity index is 1.78. The van der Waals surface area contributed by atoms with Gasteiger partial charge in [0.15, 0.2) is 11.5 Å². The van der Waals surface area contributed by atoms with Crippen LogP contribution < -0.4 is 14.2 Å². The molecule has 0 unspecified atom stereocenters. The highest BCUT2D eigenvalue weighted by Gasteiger charge is 2.40. The van der Waals surface area contributed by atoms with Crippen LogP contribution in [-0.2, 0) is 16.1 Å². The number of aliphatic hydroxyl groups excluding tert-OH is 1. The van der Waals surface area contributed by atoms with E-state index >= 15 is 0 Å². The van der Waals surface area contributed by atoms with Crippen LogP contribution >= 0.6 is 0 Å². The summed E-state index contributed by atoms with van der Waals surface area (Å²) in [6.45, 7) is -2.50. The summed E-state index contributed by atoms with van der Waals surface area (Å²) < 4.78 is 52.3. The summed E-state index contributed by atoms with van der Waals surface area (Å²) in [5.41, 5.74) is 1.65. The lowest BCUT2D eigenvalue weighted by atomic mass is 9.88. The average molecular weight is 422 g/mol. The second-order valence-corrected chi connectivity index (χ2v) is 7.24. The van der Waals surface area contributed by atoms with Gasteiger partial charge in [0.25, 0.3) is 0 Å². The number of esters is 1. The van der Waals surface area contributed by atoms with Crippen molar-refractivity contribution in [2.75, 3.05) is 33.5 Å². The zero-order valence-electron chi connectivity index (χ0n) is 16.2. The summed E-state index contributed by atoms with van der Waals surface area (Å²) in [5.74, 6) is -0.512. The molecule has 0 amide bonds. The molecule has 1 N–H and O–H groups in total. The average Bonchev–Trinajstić information content (AvgIpc) is 3.08. The van der Waals surface area contributed by atoms with Crippen LogP contribution in [0.15, 0.2) is 30.3 Å². The van der Waals surface area contributed by atoms with Gasteiger partial charge in [0.05, 0.1) is 37.9 Å². The van der Waals surface area contributed by atoms with Gasteiger partial charge in [0.2, 0.25) is 5.75 Å². The van der Waals surface area contributed by atoms with Crippen LogP contribution in [0.25, 0.3) is 11.1 Å². The van der Waals surface area contributed by atoms with E-state index in [9.17, 15) is 18.7 Å². The molecule has 1 saturated heterocycles. The van der Waals surface area contributed by atoms with Crippen LogP contribution in [0.2, 0.25) is 0 Å². The summed E-state index contributed by atoms with van der Waals surface area (Å²) in [5, 5.41) is 9.67. The second kappa shape index (κ2) is 8.08. The summed E-state index contributed by atoms with van der Waals surface area (Å²) in [6.07, 6.45) is 0. The minimum atomic E-state index is -3.10. The number of hydrogen-bond donors (Lipinski definition) is 1. The van der Waals surface area contributed by atoms with E-state index < -0.39 is 18.0 Å². The van der Waals surface area contributed by atoms with Crippen LogP contribution in [0, 0.1) is 5.41 Å². The number of ether oxygens (including phenoxy) is 5. The van der Waals surface area contributed by atoms with Gasteiger partial charge in [-0.1, -0.05) is 6.07 Å². The van der Waals surface area contributed by atoms with Gasteiger partial charge in [-0.2, -0.15) is 8.78 Å². The zero-order valence-corrected chi connectivity index (χ0v) is 16.2. The second-order valence-electron chi connectivity index (χ2n) is 7.24. The number of hydrogen-bond acceptors (Lipinski definition) is 7.